The number of methoxy groups -OCH3 is 2. The monoisotopic (exact) mass is 626 g/mol. The van der Waals surface area contributed by atoms with Crippen LogP contribution in [0.25, 0.3) is 5.69 Å². The molecule has 4 rings (SSSR count). The summed E-state index contributed by atoms with van der Waals surface area (Å²) in [5.41, 5.74) is -0.770. The van der Waals surface area contributed by atoms with E-state index in [1.807, 2.05) is 0 Å². The smallest absolute Gasteiger partial charge is 0.341 e. The minimum atomic E-state index is -1.31. The van der Waals surface area contributed by atoms with Crippen LogP contribution in [0, 0.1) is 17.6 Å². The van der Waals surface area contributed by atoms with Gasteiger partial charge in [-0.25, -0.2) is 18.4 Å². The van der Waals surface area contributed by atoms with E-state index in [1.54, 1.807) is 0 Å². The first-order valence-corrected chi connectivity index (χ1v) is 13.3. The molecule has 1 fully saturated rings. The summed E-state index contributed by atoms with van der Waals surface area (Å²) >= 11 is 2.84. The summed E-state index contributed by atoms with van der Waals surface area (Å²) in [5, 5.41) is 28.6. The second-order valence-corrected chi connectivity index (χ2v) is 9.48. The van der Waals surface area contributed by atoms with Gasteiger partial charge in [-0.15, -0.1) is 4.80 Å². The summed E-state index contributed by atoms with van der Waals surface area (Å²) in [6.45, 7) is 2.31. The highest BCUT2D eigenvalue weighted by Crippen LogP contribution is 2.29. The predicted octanol–water partition coefficient (Wildman–Crippen LogP) is 5.58. The van der Waals surface area contributed by atoms with E-state index in [2.05, 4.69) is 45.4 Å². The molecule has 2 atom stereocenters. The summed E-state index contributed by atoms with van der Waals surface area (Å²) in [6.07, 6.45) is 9.73. The Labute approximate surface area is 239 Å². The quantitative estimate of drug-likeness (QED) is 0.307. The molecule has 3 N–H and O–H groups in total. The van der Waals surface area contributed by atoms with Crippen molar-refractivity contribution in [3.8, 4) is 17.2 Å². The molecule has 0 aliphatic heterocycles. The molecule has 1 aromatic heterocycles. The van der Waals surface area contributed by atoms with Gasteiger partial charge in [-0.1, -0.05) is 26.2 Å². The van der Waals surface area contributed by atoms with Crippen LogP contribution in [0.15, 0.2) is 41.1 Å². The van der Waals surface area contributed by atoms with Crippen molar-refractivity contribution >= 4 is 27.9 Å². The summed E-state index contributed by atoms with van der Waals surface area (Å²) < 4.78 is 36.1. The fourth-order valence-electron chi connectivity index (χ4n) is 4.43. The highest BCUT2D eigenvalue weighted by atomic mass is 79.9. The number of rotatable bonds is 7. The normalized spacial score (nSPS) is 16.1. The molecule has 10 nitrogen and oxygen atoms in total. The molecule has 0 saturated heterocycles. The van der Waals surface area contributed by atoms with Crippen LogP contribution in [0.5, 0.6) is 11.5 Å². The van der Waals surface area contributed by atoms with Crippen LogP contribution < -0.4 is 14.8 Å². The van der Waals surface area contributed by atoms with Crippen LogP contribution in [0.4, 0.5) is 8.78 Å². The molecule has 0 bridgehead atoms. The highest BCUT2D eigenvalue weighted by molar-refractivity contribution is 9.10. The maximum atomic E-state index is 13.7. The van der Waals surface area contributed by atoms with Gasteiger partial charge in [0, 0.05) is 6.04 Å². The van der Waals surface area contributed by atoms with Crippen molar-refractivity contribution < 1.29 is 38.1 Å². The number of aromatic carboxylic acids is 2. The molecule has 3 aromatic rings. The molecular formula is C27H33BrF2N4O6. The predicted molar refractivity (Wildman–Crippen MR) is 148 cm³/mol. The van der Waals surface area contributed by atoms with Gasteiger partial charge in [0.15, 0.2) is 5.82 Å². The largest absolute Gasteiger partial charge is 0.496 e. The van der Waals surface area contributed by atoms with Crippen molar-refractivity contribution in [1.82, 2.24) is 20.3 Å². The summed E-state index contributed by atoms with van der Waals surface area (Å²) in [4.78, 5) is 22.7. The van der Waals surface area contributed by atoms with Gasteiger partial charge in [0.25, 0.3) is 0 Å². The standard InChI is InChI=1S/C10H8FN3O3.C9H19N.C8H6BrFO3/c1-17-7-3-2-6(11)9(8(7)10(15)16)14-12-4-5-13-14;1-3-8-6-4-5-7-9(8)10-2;1-13-5-3-2-4(10)7(9)6(5)8(11)12/h2-5H,1H3,(H,15,16);8-10H,3-7H2,1-2H3;2-3H,1H3,(H,11,12). The first-order chi connectivity index (χ1) is 19.1. The second kappa shape index (κ2) is 15.9. The lowest BCUT2D eigenvalue weighted by Crippen LogP contribution is -2.35. The molecule has 0 spiro atoms. The summed E-state index contributed by atoms with van der Waals surface area (Å²) in [5.74, 6) is -2.78. The van der Waals surface area contributed by atoms with Crippen LogP contribution >= 0.6 is 15.9 Å². The van der Waals surface area contributed by atoms with E-state index in [0.29, 0.717) is 0 Å². The fraction of sp³-hybridized carbons (Fsp3) is 0.407. The number of ether oxygens (including phenoxy) is 2. The Morgan fingerprint density at radius 1 is 0.975 bits per heavy atom. The Balaban J connectivity index is 0.000000218. The Morgan fingerprint density at radius 3 is 1.98 bits per heavy atom. The molecule has 218 valence electrons. The zero-order chi connectivity index (χ0) is 29.8. The number of aromatic nitrogens is 3. The van der Waals surface area contributed by atoms with Gasteiger partial charge in [0.2, 0.25) is 0 Å². The van der Waals surface area contributed by atoms with E-state index in [9.17, 15) is 18.4 Å². The fourth-order valence-corrected chi connectivity index (χ4v) is 4.93. The Morgan fingerprint density at radius 2 is 1.50 bits per heavy atom. The average Bonchev–Trinajstić information content (AvgIpc) is 3.49. The van der Waals surface area contributed by atoms with Gasteiger partial charge in [0.05, 0.1) is 31.1 Å². The number of carbonyl (C=O) groups is 2. The molecule has 0 amide bonds. The van der Waals surface area contributed by atoms with E-state index in [4.69, 9.17) is 19.7 Å². The number of carboxylic acid groups (broad SMARTS) is 2. The van der Waals surface area contributed by atoms with Gasteiger partial charge in [0.1, 0.15) is 34.1 Å². The van der Waals surface area contributed by atoms with Crippen molar-refractivity contribution in [2.75, 3.05) is 21.3 Å². The Kier molecular flexibility index (Phi) is 12.9. The maximum absolute atomic E-state index is 13.7. The molecular weight excluding hydrogens is 594 g/mol. The number of nitrogens with one attached hydrogen (secondary N) is 1. The number of hydrogen-bond acceptors (Lipinski definition) is 7. The first kappa shape index (κ1) is 32.6. The second-order valence-electron chi connectivity index (χ2n) is 8.69. The van der Waals surface area contributed by atoms with E-state index in [-0.39, 0.29) is 32.8 Å². The molecule has 2 aromatic carbocycles. The van der Waals surface area contributed by atoms with E-state index in [1.165, 1.54) is 70.9 Å². The maximum Gasteiger partial charge on any atom is 0.341 e. The zero-order valence-corrected chi connectivity index (χ0v) is 24.2. The zero-order valence-electron chi connectivity index (χ0n) is 22.7. The van der Waals surface area contributed by atoms with Gasteiger partial charge in [-0.2, -0.15) is 10.2 Å². The van der Waals surface area contributed by atoms with E-state index in [0.717, 1.165) is 28.9 Å². The summed E-state index contributed by atoms with van der Waals surface area (Å²) in [7, 11) is 4.73. The lowest BCUT2D eigenvalue weighted by molar-refractivity contribution is 0.0681. The van der Waals surface area contributed by atoms with Gasteiger partial charge in [-0.3, -0.25) is 0 Å². The molecule has 2 unspecified atom stereocenters. The van der Waals surface area contributed by atoms with Crippen LogP contribution in [-0.2, 0) is 0 Å². The third kappa shape index (κ3) is 8.21. The summed E-state index contributed by atoms with van der Waals surface area (Å²) in [6, 6.07) is 5.56. The van der Waals surface area contributed by atoms with E-state index < -0.39 is 23.6 Å². The number of nitrogens with zero attached hydrogens (tertiary/aromatic N) is 3. The van der Waals surface area contributed by atoms with Crippen LogP contribution in [0.3, 0.4) is 0 Å². The number of carboxylic acids is 2. The topological polar surface area (TPSA) is 136 Å². The number of benzene rings is 2. The van der Waals surface area contributed by atoms with Crippen molar-refractivity contribution in [2.24, 2.45) is 5.92 Å². The van der Waals surface area contributed by atoms with E-state index >= 15 is 0 Å². The Bertz CT molecular complexity index is 1260. The van der Waals surface area contributed by atoms with Crippen LogP contribution in [0.2, 0.25) is 0 Å². The van der Waals surface area contributed by atoms with Gasteiger partial charge < -0.3 is 25.0 Å². The molecule has 13 heteroatoms. The van der Waals surface area contributed by atoms with Crippen molar-refractivity contribution in [3.05, 3.63) is 63.9 Å². The van der Waals surface area contributed by atoms with Crippen molar-refractivity contribution in [2.45, 2.75) is 45.1 Å². The van der Waals surface area contributed by atoms with Gasteiger partial charge >= 0.3 is 11.9 Å². The molecule has 1 aliphatic rings. The minimum Gasteiger partial charge on any atom is -0.496 e. The number of hydrogen-bond donors (Lipinski definition) is 3. The Hall–Kier alpha value is -3.58. The lowest BCUT2D eigenvalue weighted by Gasteiger charge is -2.30. The van der Waals surface area contributed by atoms with Crippen LogP contribution in [-0.4, -0.2) is 64.5 Å². The molecule has 0 radical (unpaired) electrons. The highest BCUT2D eigenvalue weighted by Gasteiger charge is 2.23. The number of halogens is 3. The third-order valence-electron chi connectivity index (χ3n) is 6.44. The molecule has 40 heavy (non-hydrogen) atoms. The minimum absolute atomic E-state index is 0.0474. The van der Waals surface area contributed by atoms with Gasteiger partial charge in [-0.05, 0) is 66.0 Å². The molecule has 1 saturated carbocycles. The average molecular weight is 627 g/mol. The molecule has 1 aliphatic carbocycles. The third-order valence-corrected chi connectivity index (χ3v) is 7.21. The molecule has 1 heterocycles. The van der Waals surface area contributed by atoms with Crippen molar-refractivity contribution in [1.29, 1.82) is 0 Å². The SMILES string of the molecule is CCC1CCCCC1NC.COc1ccc(F)c(-n2nccn2)c1C(=O)O.COc1ccc(F)c(Br)c1C(=O)O. The van der Waals surface area contributed by atoms with Crippen LogP contribution in [0.1, 0.15) is 59.7 Å². The lowest BCUT2D eigenvalue weighted by atomic mass is 9.83. The van der Waals surface area contributed by atoms with Crippen molar-refractivity contribution in [3.63, 3.8) is 0 Å². The first-order valence-electron chi connectivity index (χ1n) is 12.5.